The standard InChI is InChI=1S/C17H16ClN5O2/c1-2-25-14-6-4-3-5-13(14)20-17(24)15-16(19)23(22-21-15)12-9-7-11(18)8-10-12/h3-10H,2,19H2,1H3,(H,20,24). The van der Waals surface area contributed by atoms with Crippen LogP contribution in [-0.2, 0) is 0 Å². The van der Waals surface area contributed by atoms with Crippen molar-refractivity contribution in [2.45, 2.75) is 6.92 Å². The maximum absolute atomic E-state index is 12.5. The minimum absolute atomic E-state index is 0.0289. The zero-order valence-electron chi connectivity index (χ0n) is 13.4. The molecule has 7 nitrogen and oxygen atoms in total. The highest BCUT2D eigenvalue weighted by Gasteiger charge is 2.19. The van der Waals surface area contributed by atoms with Gasteiger partial charge < -0.3 is 15.8 Å². The Labute approximate surface area is 149 Å². The van der Waals surface area contributed by atoms with Crippen LogP contribution in [0.2, 0.25) is 5.02 Å². The number of carbonyl (C=O) groups is 1. The van der Waals surface area contributed by atoms with E-state index in [-0.39, 0.29) is 11.5 Å². The molecule has 0 aliphatic carbocycles. The number of para-hydroxylation sites is 2. The Kier molecular flexibility index (Phi) is 4.85. The second-order valence-electron chi connectivity index (χ2n) is 5.09. The summed E-state index contributed by atoms with van der Waals surface area (Å²) < 4.78 is 6.86. The first-order valence-corrected chi connectivity index (χ1v) is 7.98. The van der Waals surface area contributed by atoms with E-state index in [9.17, 15) is 4.79 Å². The van der Waals surface area contributed by atoms with Gasteiger partial charge in [0.1, 0.15) is 5.75 Å². The van der Waals surface area contributed by atoms with E-state index in [1.807, 2.05) is 13.0 Å². The number of amides is 1. The molecule has 2 aromatic carbocycles. The summed E-state index contributed by atoms with van der Waals surface area (Å²) in [5.74, 6) is 0.237. The summed E-state index contributed by atoms with van der Waals surface area (Å²) >= 11 is 5.87. The summed E-state index contributed by atoms with van der Waals surface area (Å²) in [7, 11) is 0. The molecule has 25 heavy (non-hydrogen) atoms. The second kappa shape index (κ2) is 7.23. The zero-order valence-corrected chi connectivity index (χ0v) is 14.2. The molecule has 1 aromatic heterocycles. The largest absolute Gasteiger partial charge is 0.492 e. The molecule has 0 fully saturated rings. The van der Waals surface area contributed by atoms with Crippen LogP contribution in [0.25, 0.3) is 5.69 Å². The van der Waals surface area contributed by atoms with Crippen LogP contribution in [0.4, 0.5) is 11.5 Å². The molecule has 0 saturated heterocycles. The lowest BCUT2D eigenvalue weighted by atomic mass is 10.2. The van der Waals surface area contributed by atoms with Crippen LogP contribution in [-0.4, -0.2) is 27.5 Å². The number of benzene rings is 2. The van der Waals surface area contributed by atoms with Gasteiger partial charge in [0, 0.05) is 5.02 Å². The molecule has 0 saturated carbocycles. The van der Waals surface area contributed by atoms with Gasteiger partial charge in [-0.2, -0.15) is 4.68 Å². The van der Waals surface area contributed by atoms with Gasteiger partial charge in [-0.25, -0.2) is 0 Å². The van der Waals surface area contributed by atoms with Gasteiger partial charge in [0.2, 0.25) is 0 Å². The van der Waals surface area contributed by atoms with Gasteiger partial charge in [-0.15, -0.1) is 5.10 Å². The summed E-state index contributed by atoms with van der Waals surface area (Å²) in [6, 6.07) is 14.0. The van der Waals surface area contributed by atoms with Crippen molar-refractivity contribution >= 4 is 29.0 Å². The van der Waals surface area contributed by atoms with Gasteiger partial charge >= 0.3 is 0 Å². The van der Waals surface area contributed by atoms with Crippen LogP contribution in [0, 0.1) is 0 Å². The van der Waals surface area contributed by atoms with Gasteiger partial charge in [-0.05, 0) is 43.3 Å². The molecule has 128 valence electrons. The zero-order chi connectivity index (χ0) is 17.8. The first-order valence-electron chi connectivity index (χ1n) is 7.60. The van der Waals surface area contributed by atoms with Gasteiger partial charge in [0.15, 0.2) is 11.5 Å². The number of nitrogens with one attached hydrogen (secondary N) is 1. The number of carbonyl (C=O) groups excluding carboxylic acids is 1. The van der Waals surface area contributed by atoms with E-state index < -0.39 is 5.91 Å². The number of nitrogens with two attached hydrogens (primary N) is 1. The summed E-state index contributed by atoms with van der Waals surface area (Å²) in [4.78, 5) is 12.5. The molecule has 0 bridgehead atoms. The lowest BCUT2D eigenvalue weighted by Crippen LogP contribution is -2.15. The van der Waals surface area contributed by atoms with E-state index in [1.54, 1.807) is 42.5 Å². The van der Waals surface area contributed by atoms with E-state index in [4.69, 9.17) is 22.1 Å². The van der Waals surface area contributed by atoms with Crippen LogP contribution < -0.4 is 15.8 Å². The first kappa shape index (κ1) is 16.8. The Hall–Kier alpha value is -3.06. The molecule has 0 atom stereocenters. The van der Waals surface area contributed by atoms with Crippen molar-refractivity contribution < 1.29 is 9.53 Å². The summed E-state index contributed by atoms with van der Waals surface area (Å²) in [6.07, 6.45) is 0. The molecule has 0 unspecified atom stereocenters. The number of nitrogens with zero attached hydrogens (tertiary/aromatic N) is 3. The van der Waals surface area contributed by atoms with Gasteiger partial charge in [0.25, 0.3) is 5.91 Å². The van der Waals surface area contributed by atoms with Crippen molar-refractivity contribution in [1.82, 2.24) is 15.0 Å². The number of rotatable bonds is 5. The normalized spacial score (nSPS) is 10.5. The van der Waals surface area contributed by atoms with Crippen molar-refractivity contribution in [3.05, 3.63) is 59.2 Å². The number of hydrogen-bond acceptors (Lipinski definition) is 5. The Morgan fingerprint density at radius 3 is 2.68 bits per heavy atom. The Morgan fingerprint density at radius 1 is 1.24 bits per heavy atom. The van der Waals surface area contributed by atoms with Crippen LogP contribution in [0.3, 0.4) is 0 Å². The highest BCUT2D eigenvalue weighted by Crippen LogP contribution is 2.25. The van der Waals surface area contributed by atoms with E-state index in [2.05, 4.69) is 15.6 Å². The first-order chi connectivity index (χ1) is 12.1. The van der Waals surface area contributed by atoms with Gasteiger partial charge in [-0.3, -0.25) is 4.79 Å². The molecule has 0 radical (unpaired) electrons. The van der Waals surface area contributed by atoms with E-state index in [1.165, 1.54) is 4.68 Å². The van der Waals surface area contributed by atoms with Crippen molar-refractivity contribution in [2.24, 2.45) is 0 Å². The topological polar surface area (TPSA) is 95.1 Å². The molecule has 1 amide bonds. The number of hydrogen-bond donors (Lipinski definition) is 2. The highest BCUT2D eigenvalue weighted by atomic mass is 35.5. The lowest BCUT2D eigenvalue weighted by Gasteiger charge is -2.10. The van der Waals surface area contributed by atoms with Crippen LogP contribution in [0.15, 0.2) is 48.5 Å². The average molecular weight is 358 g/mol. The third-order valence-corrected chi connectivity index (χ3v) is 3.68. The monoisotopic (exact) mass is 357 g/mol. The quantitative estimate of drug-likeness (QED) is 0.731. The van der Waals surface area contributed by atoms with E-state index in [0.717, 1.165) is 0 Å². The molecule has 3 N–H and O–H groups in total. The highest BCUT2D eigenvalue weighted by molar-refractivity contribution is 6.30. The second-order valence-corrected chi connectivity index (χ2v) is 5.53. The van der Waals surface area contributed by atoms with Gasteiger partial charge in [0.05, 0.1) is 18.0 Å². The molecule has 3 aromatic rings. The minimum atomic E-state index is -0.468. The van der Waals surface area contributed by atoms with Gasteiger partial charge in [-0.1, -0.05) is 28.9 Å². The maximum Gasteiger partial charge on any atom is 0.280 e. The lowest BCUT2D eigenvalue weighted by molar-refractivity contribution is 0.102. The Bertz CT molecular complexity index is 892. The molecular formula is C17H16ClN5O2. The fourth-order valence-electron chi connectivity index (χ4n) is 2.26. The van der Waals surface area contributed by atoms with Crippen molar-refractivity contribution in [3.63, 3.8) is 0 Å². The van der Waals surface area contributed by atoms with Crippen molar-refractivity contribution in [2.75, 3.05) is 17.7 Å². The predicted octanol–water partition coefficient (Wildman–Crippen LogP) is 3.15. The number of aromatic nitrogens is 3. The molecule has 0 spiro atoms. The van der Waals surface area contributed by atoms with Crippen LogP contribution in [0.1, 0.15) is 17.4 Å². The third-order valence-electron chi connectivity index (χ3n) is 3.43. The predicted molar refractivity (Wildman–Crippen MR) is 96.3 cm³/mol. The van der Waals surface area contributed by atoms with E-state index >= 15 is 0 Å². The Morgan fingerprint density at radius 2 is 1.96 bits per heavy atom. The number of halogens is 1. The third kappa shape index (κ3) is 3.56. The number of anilines is 2. The smallest absolute Gasteiger partial charge is 0.280 e. The van der Waals surface area contributed by atoms with Crippen molar-refractivity contribution in [1.29, 1.82) is 0 Å². The summed E-state index contributed by atoms with van der Waals surface area (Å²) in [5.41, 5.74) is 7.26. The summed E-state index contributed by atoms with van der Waals surface area (Å²) in [5, 5.41) is 11.2. The fraction of sp³-hybridized carbons (Fsp3) is 0.118. The SMILES string of the molecule is CCOc1ccccc1NC(=O)c1nnn(-c2ccc(Cl)cc2)c1N. The number of nitrogen functional groups attached to an aromatic ring is 1. The molecule has 0 aliphatic rings. The molecule has 1 heterocycles. The van der Waals surface area contributed by atoms with Crippen LogP contribution in [0.5, 0.6) is 5.75 Å². The maximum atomic E-state index is 12.5. The Balaban J connectivity index is 1.85. The summed E-state index contributed by atoms with van der Waals surface area (Å²) in [6.45, 7) is 2.36. The molecule has 0 aliphatic heterocycles. The van der Waals surface area contributed by atoms with E-state index in [0.29, 0.717) is 28.8 Å². The van der Waals surface area contributed by atoms with Crippen molar-refractivity contribution in [3.8, 4) is 11.4 Å². The molecule has 8 heteroatoms. The minimum Gasteiger partial charge on any atom is -0.492 e. The number of ether oxygens (including phenoxy) is 1. The van der Waals surface area contributed by atoms with Crippen LogP contribution >= 0.6 is 11.6 Å². The average Bonchev–Trinajstić information content (AvgIpc) is 2.99. The molecule has 3 rings (SSSR count). The molecular weight excluding hydrogens is 342 g/mol. The fourth-order valence-corrected chi connectivity index (χ4v) is 2.38.